The van der Waals surface area contributed by atoms with Gasteiger partial charge in [-0.05, 0) is 48.9 Å². The Kier molecular flexibility index (Phi) is 2.83. The number of fused-ring (bicyclic) bond motifs is 1. The average Bonchev–Trinajstić information content (AvgIpc) is 2.41. The molecule has 0 amide bonds. The molecular formula is C17H19N. The molecule has 92 valence electrons. The number of anilines is 1. The molecule has 18 heavy (non-hydrogen) atoms. The zero-order chi connectivity index (χ0) is 12.5. The van der Waals surface area contributed by atoms with Crippen LogP contribution in [0, 0.1) is 13.8 Å². The van der Waals surface area contributed by atoms with E-state index in [-0.39, 0.29) is 0 Å². The van der Waals surface area contributed by atoms with E-state index in [1.165, 1.54) is 46.3 Å². The standard InChI is InChI=1S/C17H19N/c1-12-6-3-9-15(13(12)2)16-10-4-7-14-8-5-11-18-17(14)16/h3-4,6-7,9-10,18H,5,8,11H2,1-2H3. The van der Waals surface area contributed by atoms with Crippen LogP contribution in [0.25, 0.3) is 11.1 Å². The minimum absolute atomic E-state index is 1.09. The fourth-order valence-corrected chi connectivity index (χ4v) is 2.78. The van der Waals surface area contributed by atoms with Crippen molar-refractivity contribution in [3.8, 4) is 11.1 Å². The molecule has 1 heterocycles. The number of hydrogen-bond acceptors (Lipinski definition) is 1. The highest BCUT2D eigenvalue weighted by Crippen LogP contribution is 2.36. The monoisotopic (exact) mass is 237 g/mol. The molecule has 0 aliphatic carbocycles. The highest BCUT2D eigenvalue weighted by molar-refractivity contribution is 5.83. The largest absolute Gasteiger partial charge is 0.384 e. The number of benzene rings is 2. The number of para-hydroxylation sites is 1. The molecule has 1 nitrogen and oxygen atoms in total. The summed E-state index contributed by atoms with van der Waals surface area (Å²) in [4.78, 5) is 0. The van der Waals surface area contributed by atoms with E-state index in [0.29, 0.717) is 0 Å². The van der Waals surface area contributed by atoms with Gasteiger partial charge in [0.2, 0.25) is 0 Å². The Morgan fingerprint density at radius 1 is 0.944 bits per heavy atom. The molecule has 0 radical (unpaired) electrons. The lowest BCUT2D eigenvalue weighted by Crippen LogP contribution is -2.12. The van der Waals surface area contributed by atoms with Crippen LogP contribution in [0.5, 0.6) is 0 Å². The molecule has 2 aromatic carbocycles. The number of rotatable bonds is 1. The van der Waals surface area contributed by atoms with Gasteiger partial charge >= 0.3 is 0 Å². The van der Waals surface area contributed by atoms with Crippen molar-refractivity contribution in [3.05, 3.63) is 53.1 Å². The molecule has 0 unspecified atom stereocenters. The van der Waals surface area contributed by atoms with Crippen LogP contribution in [0.15, 0.2) is 36.4 Å². The molecular weight excluding hydrogens is 218 g/mol. The van der Waals surface area contributed by atoms with E-state index in [4.69, 9.17) is 0 Å². The minimum Gasteiger partial charge on any atom is -0.384 e. The van der Waals surface area contributed by atoms with E-state index in [0.717, 1.165) is 6.54 Å². The predicted octanol–water partition coefficient (Wildman–Crippen LogP) is 4.33. The SMILES string of the molecule is Cc1cccc(-c2cccc3c2NCCC3)c1C. The highest BCUT2D eigenvalue weighted by atomic mass is 14.9. The molecule has 3 rings (SSSR count). The first kappa shape index (κ1) is 11.3. The maximum atomic E-state index is 3.58. The van der Waals surface area contributed by atoms with Gasteiger partial charge in [0.1, 0.15) is 0 Å². The Labute approximate surface area is 109 Å². The summed E-state index contributed by atoms with van der Waals surface area (Å²) in [5, 5.41) is 3.58. The van der Waals surface area contributed by atoms with Crippen LogP contribution in [0.4, 0.5) is 5.69 Å². The third kappa shape index (κ3) is 1.80. The first-order valence-electron chi connectivity index (χ1n) is 6.70. The second kappa shape index (κ2) is 4.49. The molecule has 0 bridgehead atoms. The van der Waals surface area contributed by atoms with Gasteiger partial charge in [-0.2, -0.15) is 0 Å². The second-order valence-electron chi connectivity index (χ2n) is 5.12. The van der Waals surface area contributed by atoms with Crippen molar-refractivity contribution in [3.63, 3.8) is 0 Å². The lowest BCUT2D eigenvalue weighted by molar-refractivity contribution is 0.831. The van der Waals surface area contributed by atoms with Crippen molar-refractivity contribution >= 4 is 5.69 Å². The van der Waals surface area contributed by atoms with Crippen molar-refractivity contribution in [2.75, 3.05) is 11.9 Å². The number of aryl methyl sites for hydroxylation is 2. The van der Waals surface area contributed by atoms with E-state index >= 15 is 0 Å². The van der Waals surface area contributed by atoms with Gasteiger partial charge in [-0.1, -0.05) is 36.4 Å². The van der Waals surface area contributed by atoms with Gasteiger partial charge < -0.3 is 5.32 Å². The van der Waals surface area contributed by atoms with Crippen molar-refractivity contribution in [1.82, 2.24) is 0 Å². The molecule has 0 atom stereocenters. The summed E-state index contributed by atoms with van der Waals surface area (Å²) < 4.78 is 0. The van der Waals surface area contributed by atoms with Gasteiger partial charge in [0, 0.05) is 17.8 Å². The zero-order valence-corrected chi connectivity index (χ0v) is 11.1. The quantitative estimate of drug-likeness (QED) is 0.778. The van der Waals surface area contributed by atoms with Crippen molar-refractivity contribution in [2.24, 2.45) is 0 Å². The Hall–Kier alpha value is -1.76. The van der Waals surface area contributed by atoms with Gasteiger partial charge in [0.05, 0.1) is 0 Å². The Balaban J connectivity index is 2.20. The Bertz CT molecular complexity index is 584. The summed E-state index contributed by atoms with van der Waals surface area (Å²) in [5.74, 6) is 0. The van der Waals surface area contributed by atoms with Crippen LogP contribution in [0.1, 0.15) is 23.1 Å². The van der Waals surface area contributed by atoms with E-state index in [9.17, 15) is 0 Å². The van der Waals surface area contributed by atoms with Crippen LogP contribution >= 0.6 is 0 Å². The molecule has 1 N–H and O–H groups in total. The molecule has 0 saturated heterocycles. The fourth-order valence-electron chi connectivity index (χ4n) is 2.78. The van der Waals surface area contributed by atoms with Gasteiger partial charge in [0.15, 0.2) is 0 Å². The lowest BCUT2D eigenvalue weighted by Gasteiger charge is -2.22. The maximum absolute atomic E-state index is 3.58. The molecule has 0 spiro atoms. The average molecular weight is 237 g/mol. The summed E-state index contributed by atoms with van der Waals surface area (Å²) in [6, 6.07) is 13.2. The first-order valence-corrected chi connectivity index (χ1v) is 6.70. The molecule has 0 aromatic heterocycles. The van der Waals surface area contributed by atoms with Crippen molar-refractivity contribution in [2.45, 2.75) is 26.7 Å². The molecule has 0 saturated carbocycles. The van der Waals surface area contributed by atoms with Gasteiger partial charge in [-0.25, -0.2) is 0 Å². The van der Waals surface area contributed by atoms with E-state index < -0.39 is 0 Å². The molecule has 2 aromatic rings. The maximum Gasteiger partial charge on any atom is 0.0452 e. The third-order valence-corrected chi connectivity index (χ3v) is 3.97. The number of hydrogen-bond donors (Lipinski definition) is 1. The molecule has 1 aliphatic heterocycles. The topological polar surface area (TPSA) is 12.0 Å². The van der Waals surface area contributed by atoms with Gasteiger partial charge in [-0.15, -0.1) is 0 Å². The number of nitrogens with one attached hydrogen (secondary N) is 1. The lowest BCUT2D eigenvalue weighted by atomic mass is 9.91. The second-order valence-corrected chi connectivity index (χ2v) is 5.12. The van der Waals surface area contributed by atoms with E-state index in [1.54, 1.807) is 0 Å². The smallest absolute Gasteiger partial charge is 0.0452 e. The van der Waals surface area contributed by atoms with Gasteiger partial charge in [0.25, 0.3) is 0 Å². The van der Waals surface area contributed by atoms with Crippen LogP contribution in [-0.2, 0) is 6.42 Å². The van der Waals surface area contributed by atoms with Crippen LogP contribution in [0.3, 0.4) is 0 Å². The Morgan fingerprint density at radius 3 is 2.61 bits per heavy atom. The predicted molar refractivity (Wildman–Crippen MR) is 78.2 cm³/mol. The van der Waals surface area contributed by atoms with Gasteiger partial charge in [-0.3, -0.25) is 0 Å². The van der Waals surface area contributed by atoms with E-state index in [1.807, 2.05) is 0 Å². The first-order chi connectivity index (χ1) is 8.77. The Morgan fingerprint density at radius 2 is 1.72 bits per heavy atom. The van der Waals surface area contributed by atoms with Crippen LogP contribution in [0.2, 0.25) is 0 Å². The highest BCUT2D eigenvalue weighted by Gasteiger charge is 2.14. The summed E-state index contributed by atoms with van der Waals surface area (Å²) in [6.45, 7) is 5.49. The zero-order valence-electron chi connectivity index (χ0n) is 11.1. The molecule has 1 heteroatoms. The van der Waals surface area contributed by atoms with E-state index in [2.05, 4.69) is 55.6 Å². The molecule has 1 aliphatic rings. The minimum atomic E-state index is 1.09. The normalized spacial score (nSPS) is 13.9. The summed E-state index contributed by atoms with van der Waals surface area (Å²) in [7, 11) is 0. The van der Waals surface area contributed by atoms with Crippen molar-refractivity contribution in [1.29, 1.82) is 0 Å². The summed E-state index contributed by atoms with van der Waals surface area (Å²) in [5.41, 5.74) is 8.27. The summed E-state index contributed by atoms with van der Waals surface area (Å²) >= 11 is 0. The molecule has 0 fully saturated rings. The van der Waals surface area contributed by atoms with Crippen LogP contribution in [-0.4, -0.2) is 6.54 Å². The third-order valence-electron chi connectivity index (χ3n) is 3.97. The summed E-state index contributed by atoms with van der Waals surface area (Å²) in [6.07, 6.45) is 2.43. The fraction of sp³-hybridized carbons (Fsp3) is 0.294. The van der Waals surface area contributed by atoms with Crippen molar-refractivity contribution < 1.29 is 0 Å². The van der Waals surface area contributed by atoms with Crippen LogP contribution < -0.4 is 5.32 Å².